The Kier molecular flexibility index (Phi) is 6.04. The third-order valence-electron chi connectivity index (χ3n) is 1.68. The van der Waals surface area contributed by atoms with Gasteiger partial charge in [0.2, 0.25) is 0 Å². The number of thioether (sulfide) groups is 1. The molecule has 0 fully saturated rings. The van der Waals surface area contributed by atoms with Gasteiger partial charge in [0, 0.05) is 21.8 Å². The Balaban J connectivity index is 2.40. The molecule has 0 aliphatic rings. The SMILES string of the molecule is CCOC(=O)/C=C(\Cl)CSc1ccccc1. The number of benzene rings is 1. The first-order valence-electron chi connectivity index (χ1n) is 4.93. The zero-order valence-corrected chi connectivity index (χ0v) is 10.6. The predicted octanol–water partition coefficient (Wildman–Crippen LogP) is 3.46. The molecule has 0 bridgehead atoms. The monoisotopic (exact) mass is 256 g/mol. The highest BCUT2D eigenvalue weighted by atomic mass is 35.5. The van der Waals surface area contributed by atoms with E-state index in [0.717, 1.165) is 4.90 Å². The van der Waals surface area contributed by atoms with Crippen LogP contribution in [0, 0.1) is 0 Å². The number of halogens is 1. The third-order valence-corrected chi connectivity index (χ3v) is 3.14. The highest BCUT2D eigenvalue weighted by Gasteiger charge is 2.01. The molecular weight excluding hydrogens is 244 g/mol. The van der Waals surface area contributed by atoms with Crippen molar-refractivity contribution >= 4 is 29.3 Å². The normalized spacial score (nSPS) is 11.2. The van der Waals surface area contributed by atoms with Gasteiger partial charge in [-0.15, -0.1) is 11.8 Å². The minimum atomic E-state index is -0.388. The molecule has 0 N–H and O–H groups in total. The minimum absolute atomic E-state index is 0.366. The highest BCUT2D eigenvalue weighted by Crippen LogP contribution is 2.21. The molecule has 0 radical (unpaired) electrons. The van der Waals surface area contributed by atoms with Crippen molar-refractivity contribution in [1.82, 2.24) is 0 Å². The lowest BCUT2D eigenvalue weighted by Crippen LogP contribution is -2.00. The molecular formula is C12H13ClO2S. The number of hydrogen-bond acceptors (Lipinski definition) is 3. The molecule has 4 heteroatoms. The summed E-state index contributed by atoms with van der Waals surface area (Å²) in [5.41, 5.74) is 0. The van der Waals surface area contributed by atoms with Gasteiger partial charge in [-0.1, -0.05) is 29.8 Å². The van der Waals surface area contributed by atoms with Crippen molar-refractivity contribution in [3.05, 3.63) is 41.4 Å². The van der Waals surface area contributed by atoms with Crippen LogP contribution in [0.15, 0.2) is 46.3 Å². The zero-order chi connectivity index (χ0) is 11.8. The van der Waals surface area contributed by atoms with E-state index in [1.807, 2.05) is 30.3 Å². The molecule has 0 spiro atoms. The summed E-state index contributed by atoms with van der Waals surface area (Å²) in [6.07, 6.45) is 1.32. The lowest BCUT2D eigenvalue weighted by Gasteiger charge is -2.00. The minimum Gasteiger partial charge on any atom is -0.463 e. The van der Waals surface area contributed by atoms with Crippen LogP contribution in [0.25, 0.3) is 0 Å². The van der Waals surface area contributed by atoms with Crippen molar-refractivity contribution in [2.45, 2.75) is 11.8 Å². The molecule has 86 valence electrons. The molecule has 0 atom stereocenters. The molecule has 16 heavy (non-hydrogen) atoms. The Morgan fingerprint density at radius 3 is 2.75 bits per heavy atom. The molecule has 1 rings (SSSR count). The van der Waals surface area contributed by atoms with Crippen molar-refractivity contribution in [1.29, 1.82) is 0 Å². The molecule has 0 saturated heterocycles. The van der Waals surface area contributed by atoms with E-state index in [2.05, 4.69) is 0 Å². The molecule has 0 unspecified atom stereocenters. The highest BCUT2D eigenvalue weighted by molar-refractivity contribution is 7.99. The average molecular weight is 257 g/mol. The summed E-state index contributed by atoms with van der Waals surface area (Å²) in [7, 11) is 0. The predicted molar refractivity (Wildman–Crippen MR) is 67.7 cm³/mol. The summed E-state index contributed by atoms with van der Waals surface area (Å²) < 4.78 is 4.76. The smallest absolute Gasteiger partial charge is 0.331 e. The van der Waals surface area contributed by atoms with E-state index in [4.69, 9.17) is 16.3 Å². The van der Waals surface area contributed by atoms with Gasteiger partial charge in [-0.05, 0) is 19.1 Å². The number of carbonyl (C=O) groups is 1. The second-order valence-corrected chi connectivity index (χ2v) is 4.48. The summed E-state index contributed by atoms with van der Waals surface area (Å²) in [6, 6.07) is 9.88. The third kappa shape index (κ3) is 5.24. The van der Waals surface area contributed by atoms with Gasteiger partial charge >= 0.3 is 5.97 Å². The van der Waals surface area contributed by atoms with E-state index in [0.29, 0.717) is 17.4 Å². The van der Waals surface area contributed by atoms with Crippen LogP contribution >= 0.6 is 23.4 Å². The van der Waals surface area contributed by atoms with E-state index in [-0.39, 0.29) is 5.97 Å². The van der Waals surface area contributed by atoms with E-state index in [9.17, 15) is 4.79 Å². The van der Waals surface area contributed by atoms with Gasteiger partial charge in [-0.25, -0.2) is 4.79 Å². The van der Waals surface area contributed by atoms with Crippen LogP contribution < -0.4 is 0 Å². The first-order valence-corrected chi connectivity index (χ1v) is 6.29. The Labute approximate surface area is 105 Å². The lowest BCUT2D eigenvalue weighted by molar-refractivity contribution is -0.137. The molecule has 1 aromatic carbocycles. The fourth-order valence-electron chi connectivity index (χ4n) is 1.02. The molecule has 1 aromatic rings. The van der Waals surface area contributed by atoms with Crippen molar-refractivity contribution < 1.29 is 9.53 Å². The van der Waals surface area contributed by atoms with Crippen LogP contribution in [0.5, 0.6) is 0 Å². The Morgan fingerprint density at radius 2 is 2.12 bits per heavy atom. The standard InChI is InChI=1S/C12H13ClO2S/c1-2-15-12(14)8-10(13)9-16-11-6-4-3-5-7-11/h3-8H,2,9H2,1H3/b10-8-. The maximum Gasteiger partial charge on any atom is 0.331 e. The van der Waals surface area contributed by atoms with E-state index in [1.54, 1.807) is 18.7 Å². The fraction of sp³-hybridized carbons (Fsp3) is 0.250. The van der Waals surface area contributed by atoms with Gasteiger partial charge < -0.3 is 4.74 Å². The van der Waals surface area contributed by atoms with Crippen LogP contribution in [0.3, 0.4) is 0 Å². The van der Waals surface area contributed by atoms with Crippen molar-refractivity contribution in [2.75, 3.05) is 12.4 Å². The number of carbonyl (C=O) groups excluding carboxylic acids is 1. The fourth-order valence-corrected chi connectivity index (χ4v) is 2.01. The van der Waals surface area contributed by atoms with Crippen molar-refractivity contribution in [3.8, 4) is 0 Å². The molecule has 0 aliphatic carbocycles. The molecule has 0 aromatic heterocycles. The topological polar surface area (TPSA) is 26.3 Å². The van der Waals surface area contributed by atoms with Crippen molar-refractivity contribution in [2.24, 2.45) is 0 Å². The van der Waals surface area contributed by atoms with Crippen molar-refractivity contribution in [3.63, 3.8) is 0 Å². The van der Waals surface area contributed by atoms with Crippen LogP contribution in [0.1, 0.15) is 6.92 Å². The Hall–Kier alpha value is -0.930. The zero-order valence-electron chi connectivity index (χ0n) is 8.98. The average Bonchev–Trinajstić information content (AvgIpc) is 2.28. The summed E-state index contributed by atoms with van der Waals surface area (Å²) in [6.45, 7) is 2.13. The number of esters is 1. The Morgan fingerprint density at radius 1 is 1.44 bits per heavy atom. The first kappa shape index (κ1) is 13.1. The molecule has 0 saturated carbocycles. The first-order chi connectivity index (χ1) is 7.72. The number of hydrogen-bond donors (Lipinski definition) is 0. The van der Waals surface area contributed by atoms with Gasteiger partial charge in [0.05, 0.1) is 6.61 Å². The maximum atomic E-state index is 11.1. The second kappa shape index (κ2) is 7.36. The van der Waals surface area contributed by atoms with Crippen LogP contribution in [0.2, 0.25) is 0 Å². The van der Waals surface area contributed by atoms with E-state index >= 15 is 0 Å². The molecule has 2 nitrogen and oxygen atoms in total. The van der Waals surface area contributed by atoms with Gasteiger partial charge in [0.25, 0.3) is 0 Å². The summed E-state index contributed by atoms with van der Waals surface area (Å²) in [4.78, 5) is 12.2. The van der Waals surface area contributed by atoms with Crippen LogP contribution in [-0.2, 0) is 9.53 Å². The van der Waals surface area contributed by atoms with Gasteiger partial charge in [0.1, 0.15) is 0 Å². The summed E-state index contributed by atoms with van der Waals surface area (Å²) in [5.74, 6) is 0.186. The summed E-state index contributed by atoms with van der Waals surface area (Å²) in [5, 5.41) is 0.493. The van der Waals surface area contributed by atoms with Gasteiger partial charge in [-0.2, -0.15) is 0 Å². The number of ether oxygens (including phenoxy) is 1. The lowest BCUT2D eigenvalue weighted by atomic mass is 10.4. The molecule has 0 heterocycles. The van der Waals surface area contributed by atoms with Gasteiger partial charge in [0.15, 0.2) is 0 Å². The summed E-state index contributed by atoms with van der Waals surface area (Å²) >= 11 is 7.48. The maximum absolute atomic E-state index is 11.1. The van der Waals surface area contributed by atoms with Crippen LogP contribution in [-0.4, -0.2) is 18.3 Å². The largest absolute Gasteiger partial charge is 0.463 e. The molecule has 0 aliphatic heterocycles. The quantitative estimate of drug-likeness (QED) is 0.458. The molecule has 0 amide bonds. The van der Waals surface area contributed by atoms with E-state index < -0.39 is 0 Å². The van der Waals surface area contributed by atoms with Gasteiger partial charge in [-0.3, -0.25) is 0 Å². The van der Waals surface area contributed by atoms with E-state index in [1.165, 1.54) is 6.08 Å². The Bertz CT molecular complexity index is 363. The van der Waals surface area contributed by atoms with Crippen LogP contribution in [0.4, 0.5) is 0 Å². The second-order valence-electron chi connectivity index (χ2n) is 2.94. The number of rotatable bonds is 5.